The summed E-state index contributed by atoms with van der Waals surface area (Å²) < 4.78 is 4.32. The Hall–Kier alpha value is -1.49. The van der Waals surface area contributed by atoms with E-state index in [-0.39, 0.29) is 13.5 Å². The maximum Gasteiger partial charge on any atom is 0.419 e. The zero-order chi connectivity index (χ0) is 8.55. The summed E-state index contributed by atoms with van der Waals surface area (Å²) in [6.07, 6.45) is 0. The molecule has 0 amide bonds. The smallest absolute Gasteiger partial charge is 0.372 e. The highest BCUT2D eigenvalue weighted by Crippen LogP contribution is 2.01. The van der Waals surface area contributed by atoms with Gasteiger partial charge < -0.3 is 4.42 Å². The maximum absolute atomic E-state index is 11.0. The minimum absolute atomic E-state index is 0. The van der Waals surface area contributed by atoms with E-state index in [1.807, 2.05) is 0 Å². The van der Waals surface area contributed by atoms with E-state index in [9.17, 15) is 9.59 Å². The van der Waals surface area contributed by atoms with Gasteiger partial charge in [-0.15, -0.1) is 0 Å². The van der Waals surface area contributed by atoms with Crippen LogP contribution in [0.1, 0.15) is 0 Å². The fourth-order valence-electron chi connectivity index (χ4n) is 1.04. The van der Waals surface area contributed by atoms with E-state index in [1.165, 1.54) is 0 Å². The van der Waals surface area contributed by atoms with Crippen molar-refractivity contribution in [2.75, 3.05) is 0 Å². The monoisotopic (exact) mass is 197 g/mol. The minimum Gasteiger partial charge on any atom is -0.372 e. The summed E-state index contributed by atoms with van der Waals surface area (Å²) in [5, 5.41) is 0.386. The first-order valence-electron chi connectivity index (χ1n) is 3.39. The summed E-state index contributed by atoms with van der Waals surface area (Å²) in [6.45, 7) is 0. The lowest BCUT2D eigenvalue weighted by Crippen LogP contribution is -2.13. The van der Waals surface area contributed by atoms with Crippen LogP contribution in [-0.4, -0.2) is 4.98 Å². The lowest BCUT2D eigenvalue weighted by Gasteiger charge is -1.91. The van der Waals surface area contributed by atoms with Gasteiger partial charge in [-0.2, -0.15) is 13.5 Å². The second-order valence-corrected chi connectivity index (χ2v) is 2.35. The van der Waals surface area contributed by atoms with Gasteiger partial charge in [-0.1, -0.05) is 12.1 Å². The fraction of sp³-hybridized carbons (Fsp3) is 0. The van der Waals surface area contributed by atoms with Crippen LogP contribution >= 0.6 is 13.5 Å². The molecule has 1 aromatic heterocycles. The van der Waals surface area contributed by atoms with Crippen LogP contribution in [0.2, 0.25) is 0 Å². The molecule has 0 aliphatic carbocycles. The van der Waals surface area contributed by atoms with Crippen molar-refractivity contribution >= 4 is 24.4 Å². The molecule has 4 nitrogen and oxygen atoms in total. The van der Waals surface area contributed by atoms with Gasteiger partial charge in [0.25, 0.3) is 0 Å². The molecule has 0 saturated heterocycles. The van der Waals surface area contributed by atoms with Crippen molar-refractivity contribution in [2.45, 2.75) is 0 Å². The number of H-pyrrole nitrogens is 1. The third-order valence-electron chi connectivity index (χ3n) is 1.57. The first-order chi connectivity index (χ1) is 5.77. The zero-order valence-electron chi connectivity index (χ0n) is 6.53. The average Bonchev–Trinajstić information content (AvgIpc) is 2.04. The van der Waals surface area contributed by atoms with Crippen LogP contribution in [0.15, 0.2) is 38.3 Å². The number of fused-ring (bicyclic) bond motifs is 1. The van der Waals surface area contributed by atoms with Crippen LogP contribution in [0, 0.1) is 0 Å². The van der Waals surface area contributed by atoms with Gasteiger partial charge in [0, 0.05) is 0 Å². The molecular formula is C8H7NO3S. The molecule has 0 radical (unpaired) electrons. The summed E-state index contributed by atoms with van der Waals surface area (Å²) in [5.41, 5.74) is -0.104. The lowest BCUT2D eigenvalue weighted by molar-refractivity contribution is 0.460. The Morgan fingerprint density at radius 1 is 1.15 bits per heavy atom. The molecule has 0 atom stereocenters. The van der Waals surface area contributed by atoms with Crippen LogP contribution in [0.4, 0.5) is 0 Å². The second kappa shape index (κ2) is 3.49. The summed E-state index contributed by atoms with van der Waals surface area (Å²) in [5.74, 6) is -0.723. The van der Waals surface area contributed by atoms with Gasteiger partial charge in [0.1, 0.15) is 0 Å². The molecule has 1 aromatic carbocycles. The number of nitrogens with one attached hydrogen (secondary N) is 1. The van der Waals surface area contributed by atoms with E-state index < -0.39 is 11.4 Å². The Bertz CT molecular complexity index is 528. The van der Waals surface area contributed by atoms with Gasteiger partial charge in [0.05, 0.1) is 10.9 Å². The molecular weight excluding hydrogens is 190 g/mol. The molecule has 0 saturated carbocycles. The SMILES string of the molecule is O=c1[nH]c2ccccc2c(=O)o1.S. The lowest BCUT2D eigenvalue weighted by atomic mass is 10.2. The molecule has 2 rings (SSSR count). The highest BCUT2D eigenvalue weighted by Gasteiger charge is 1.98. The molecule has 2 aromatic rings. The van der Waals surface area contributed by atoms with E-state index in [4.69, 9.17) is 0 Å². The first-order valence-corrected chi connectivity index (χ1v) is 3.39. The Kier molecular flexibility index (Phi) is 2.57. The molecule has 1 heterocycles. The fourth-order valence-corrected chi connectivity index (χ4v) is 1.04. The van der Waals surface area contributed by atoms with E-state index >= 15 is 0 Å². The van der Waals surface area contributed by atoms with Gasteiger partial charge in [-0.05, 0) is 12.1 Å². The molecule has 13 heavy (non-hydrogen) atoms. The number of aromatic amines is 1. The third-order valence-corrected chi connectivity index (χ3v) is 1.57. The highest BCUT2D eigenvalue weighted by molar-refractivity contribution is 7.59. The quantitative estimate of drug-likeness (QED) is 0.672. The summed E-state index contributed by atoms with van der Waals surface area (Å²) in [4.78, 5) is 24.1. The third kappa shape index (κ3) is 1.65. The van der Waals surface area contributed by atoms with Crippen molar-refractivity contribution in [3.63, 3.8) is 0 Å². The van der Waals surface area contributed by atoms with Crippen molar-refractivity contribution in [3.05, 3.63) is 45.2 Å². The van der Waals surface area contributed by atoms with Crippen molar-refractivity contribution < 1.29 is 4.42 Å². The maximum atomic E-state index is 11.0. The molecule has 0 spiro atoms. The van der Waals surface area contributed by atoms with Crippen molar-refractivity contribution in [1.82, 2.24) is 4.98 Å². The van der Waals surface area contributed by atoms with Crippen molar-refractivity contribution in [2.24, 2.45) is 0 Å². The number of hydrogen-bond acceptors (Lipinski definition) is 3. The predicted octanol–water partition coefficient (Wildman–Crippen LogP) is 0.594. The molecule has 0 unspecified atom stereocenters. The molecule has 68 valence electrons. The normalized spacial score (nSPS) is 9.54. The van der Waals surface area contributed by atoms with Crippen LogP contribution < -0.4 is 11.4 Å². The number of hydrogen-bond donors (Lipinski definition) is 1. The van der Waals surface area contributed by atoms with Gasteiger partial charge in [0.2, 0.25) is 0 Å². The molecule has 5 heteroatoms. The van der Waals surface area contributed by atoms with E-state index in [0.717, 1.165) is 0 Å². The molecule has 0 aliphatic heterocycles. The largest absolute Gasteiger partial charge is 0.419 e. The number of rotatable bonds is 0. The minimum atomic E-state index is -0.723. The Morgan fingerprint density at radius 3 is 2.62 bits per heavy atom. The second-order valence-electron chi connectivity index (χ2n) is 2.35. The van der Waals surface area contributed by atoms with Crippen LogP contribution in [-0.2, 0) is 0 Å². The number of para-hydroxylation sites is 1. The topological polar surface area (TPSA) is 63.1 Å². The Balaban J connectivity index is 0.000000845. The molecule has 1 N–H and O–H groups in total. The van der Waals surface area contributed by atoms with Gasteiger partial charge >= 0.3 is 11.4 Å². The van der Waals surface area contributed by atoms with E-state index in [1.54, 1.807) is 24.3 Å². The zero-order valence-corrected chi connectivity index (χ0v) is 7.53. The van der Waals surface area contributed by atoms with E-state index in [0.29, 0.717) is 10.9 Å². The standard InChI is InChI=1S/C8H5NO3.H2S/c10-7-5-3-1-2-4-6(5)9-8(11)12-7;/h1-4H,(H,9,11);1H2. The summed E-state index contributed by atoms with van der Waals surface area (Å²) in [6, 6.07) is 6.68. The Labute approximate surface area is 79.7 Å². The average molecular weight is 197 g/mol. The number of aromatic nitrogens is 1. The summed E-state index contributed by atoms with van der Waals surface area (Å²) >= 11 is 0. The van der Waals surface area contributed by atoms with E-state index in [2.05, 4.69) is 9.40 Å². The van der Waals surface area contributed by atoms with Crippen LogP contribution in [0.25, 0.3) is 10.9 Å². The van der Waals surface area contributed by atoms with Gasteiger partial charge in [-0.3, -0.25) is 4.98 Å². The predicted molar refractivity (Wildman–Crippen MR) is 53.5 cm³/mol. The van der Waals surface area contributed by atoms with Crippen molar-refractivity contribution in [1.29, 1.82) is 0 Å². The molecule has 0 aliphatic rings. The summed E-state index contributed by atoms with van der Waals surface area (Å²) in [7, 11) is 0. The number of benzene rings is 1. The van der Waals surface area contributed by atoms with Crippen molar-refractivity contribution in [3.8, 4) is 0 Å². The van der Waals surface area contributed by atoms with Crippen LogP contribution in [0.5, 0.6) is 0 Å². The molecule has 0 bridgehead atoms. The molecule has 0 fully saturated rings. The Morgan fingerprint density at radius 2 is 1.85 bits per heavy atom. The highest BCUT2D eigenvalue weighted by atomic mass is 32.1. The van der Waals surface area contributed by atoms with Gasteiger partial charge in [0.15, 0.2) is 0 Å². The first kappa shape index (κ1) is 9.60. The van der Waals surface area contributed by atoms with Gasteiger partial charge in [-0.25, -0.2) is 9.59 Å². The van der Waals surface area contributed by atoms with Crippen LogP contribution in [0.3, 0.4) is 0 Å².